The summed E-state index contributed by atoms with van der Waals surface area (Å²) in [6, 6.07) is 16.4. The molecule has 6 nitrogen and oxygen atoms in total. The van der Waals surface area contributed by atoms with E-state index >= 15 is 0 Å². The third-order valence-electron chi connectivity index (χ3n) is 4.78. The number of benzene rings is 2. The summed E-state index contributed by atoms with van der Waals surface area (Å²) in [5.41, 5.74) is 7.73. The van der Waals surface area contributed by atoms with Crippen LogP contribution >= 0.6 is 11.6 Å². The second kappa shape index (κ2) is 10.1. The van der Waals surface area contributed by atoms with E-state index in [1.165, 1.54) is 0 Å². The average molecular weight is 438 g/mol. The van der Waals surface area contributed by atoms with Gasteiger partial charge in [0.15, 0.2) is 0 Å². The number of aryl methyl sites for hydroxylation is 1. The molecule has 0 saturated carbocycles. The topological polar surface area (TPSA) is 72.7 Å². The number of amides is 1. The molecular weight excluding hydrogens is 414 g/mol. The summed E-state index contributed by atoms with van der Waals surface area (Å²) < 4.78 is 7.09. The van der Waals surface area contributed by atoms with Gasteiger partial charge in [0.25, 0.3) is 0 Å². The summed E-state index contributed by atoms with van der Waals surface area (Å²) >= 11 is 5.86. The zero-order valence-electron chi connectivity index (χ0n) is 17.7. The second-order valence-corrected chi connectivity index (χ2v) is 7.46. The van der Waals surface area contributed by atoms with Crippen molar-refractivity contribution in [3.63, 3.8) is 0 Å². The largest absolute Gasteiger partial charge is 0.462 e. The van der Waals surface area contributed by atoms with Crippen LogP contribution in [0.3, 0.4) is 0 Å². The quantitative estimate of drug-likeness (QED) is 0.333. The molecule has 31 heavy (non-hydrogen) atoms. The molecule has 1 aromatic heterocycles. The lowest BCUT2D eigenvalue weighted by atomic mass is 10.1. The molecule has 0 aliphatic heterocycles. The van der Waals surface area contributed by atoms with Crippen LogP contribution in [0.4, 0.5) is 0 Å². The van der Waals surface area contributed by atoms with Gasteiger partial charge in [0.05, 0.1) is 24.8 Å². The highest BCUT2D eigenvalue weighted by Gasteiger charge is 2.11. The molecule has 3 rings (SSSR count). The summed E-state index contributed by atoms with van der Waals surface area (Å²) in [6.45, 7) is 6.09. The summed E-state index contributed by atoms with van der Waals surface area (Å²) in [5.74, 6) is -0.543. The number of hydrogen-bond acceptors (Lipinski definition) is 4. The van der Waals surface area contributed by atoms with Gasteiger partial charge in [-0.25, -0.2) is 10.2 Å². The molecule has 0 radical (unpaired) electrons. The number of halogens is 1. The molecule has 2 aromatic carbocycles. The SMILES string of the molecule is CCOC(=O)c1ccc(-n2c(C)cc(/C=N\NC(=O)Cc3ccc(Cl)cc3)c2C)cc1. The minimum Gasteiger partial charge on any atom is -0.462 e. The van der Waals surface area contributed by atoms with Crippen molar-refractivity contribution in [1.29, 1.82) is 0 Å². The Labute approximate surface area is 186 Å². The van der Waals surface area contributed by atoms with E-state index < -0.39 is 0 Å². The number of esters is 1. The van der Waals surface area contributed by atoms with E-state index in [4.69, 9.17) is 16.3 Å². The lowest BCUT2D eigenvalue weighted by Crippen LogP contribution is -2.19. The average Bonchev–Trinajstić information content (AvgIpc) is 3.03. The molecular formula is C24H24ClN3O3. The van der Waals surface area contributed by atoms with E-state index in [1.807, 2.05) is 44.2 Å². The van der Waals surface area contributed by atoms with Gasteiger partial charge >= 0.3 is 5.97 Å². The van der Waals surface area contributed by atoms with Crippen molar-refractivity contribution >= 4 is 29.7 Å². The summed E-state index contributed by atoms with van der Waals surface area (Å²) in [7, 11) is 0. The van der Waals surface area contributed by atoms with E-state index in [0.29, 0.717) is 17.2 Å². The summed E-state index contributed by atoms with van der Waals surface area (Å²) in [4.78, 5) is 23.9. The normalized spacial score (nSPS) is 11.0. The highest BCUT2D eigenvalue weighted by molar-refractivity contribution is 6.30. The lowest BCUT2D eigenvalue weighted by Gasteiger charge is -2.10. The minimum absolute atomic E-state index is 0.207. The van der Waals surface area contributed by atoms with Crippen LogP contribution in [-0.2, 0) is 16.0 Å². The van der Waals surface area contributed by atoms with E-state index in [1.54, 1.807) is 37.4 Å². The minimum atomic E-state index is -0.336. The number of ether oxygens (including phenoxy) is 1. The van der Waals surface area contributed by atoms with E-state index in [2.05, 4.69) is 15.1 Å². The Morgan fingerprint density at radius 3 is 2.42 bits per heavy atom. The summed E-state index contributed by atoms with van der Waals surface area (Å²) in [6.07, 6.45) is 1.85. The molecule has 0 bridgehead atoms. The fourth-order valence-electron chi connectivity index (χ4n) is 3.28. The van der Waals surface area contributed by atoms with Crippen LogP contribution in [0.1, 0.15) is 39.8 Å². The maximum atomic E-state index is 12.1. The van der Waals surface area contributed by atoms with Crippen molar-refractivity contribution in [2.75, 3.05) is 6.61 Å². The van der Waals surface area contributed by atoms with Crippen LogP contribution in [0.2, 0.25) is 5.02 Å². The van der Waals surface area contributed by atoms with Crippen LogP contribution in [-0.4, -0.2) is 29.3 Å². The molecule has 0 atom stereocenters. The van der Waals surface area contributed by atoms with Crippen molar-refractivity contribution in [2.24, 2.45) is 5.10 Å². The molecule has 7 heteroatoms. The predicted molar refractivity (Wildman–Crippen MR) is 122 cm³/mol. The van der Waals surface area contributed by atoms with Crippen molar-refractivity contribution in [2.45, 2.75) is 27.2 Å². The molecule has 0 saturated heterocycles. The fourth-order valence-corrected chi connectivity index (χ4v) is 3.40. The Balaban J connectivity index is 1.68. The molecule has 1 heterocycles. The van der Waals surface area contributed by atoms with Gasteiger partial charge in [-0.3, -0.25) is 4.79 Å². The fraction of sp³-hybridized carbons (Fsp3) is 0.208. The van der Waals surface area contributed by atoms with Crippen LogP contribution < -0.4 is 5.43 Å². The number of hydrogen-bond donors (Lipinski definition) is 1. The highest BCUT2D eigenvalue weighted by atomic mass is 35.5. The Kier molecular flexibility index (Phi) is 7.26. The monoisotopic (exact) mass is 437 g/mol. The molecule has 160 valence electrons. The number of rotatable bonds is 7. The zero-order valence-corrected chi connectivity index (χ0v) is 18.4. The van der Waals surface area contributed by atoms with E-state index in [0.717, 1.165) is 28.2 Å². The first kappa shape index (κ1) is 22.3. The Morgan fingerprint density at radius 1 is 1.10 bits per heavy atom. The first-order valence-electron chi connectivity index (χ1n) is 9.92. The standard InChI is InChI=1S/C24H24ClN3O3/c1-4-31-24(30)19-7-11-22(12-8-19)28-16(2)13-20(17(28)3)15-26-27-23(29)14-18-5-9-21(25)10-6-18/h5-13,15H,4,14H2,1-3H3,(H,27,29)/b26-15-. The second-order valence-electron chi connectivity index (χ2n) is 7.03. The van der Waals surface area contributed by atoms with Gasteiger partial charge in [-0.05, 0) is 68.8 Å². The van der Waals surface area contributed by atoms with Gasteiger partial charge in [-0.2, -0.15) is 5.10 Å². The maximum absolute atomic E-state index is 12.1. The molecule has 0 aliphatic carbocycles. The lowest BCUT2D eigenvalue weighted by molar-refractivity contribution is -0.120. The third-order valence-corrected chi connectivity index (χ3v) is 5.03. The van der Waals surface area contributed by atoms with Gasteiger partial charge in [-0.1, -0.05) is 23.7 Å². The predicted octanol–water partition coefficient (Wildman–Crippen LogP) is 4.62. The third kappa shape index (κ3) is 5.61. The molecule has 0 fully saturated rings. The number of hydrazone groups is 1. The highest BCUT2D eigenvalue weighted by Crippen LogP contribution is 2.20. The van der Waals surface area contributed by atoms with Crippen molar-refractivity contribution in [3.8, 4) is 5.69 Å². The van der Waals surface area contributed by atoms with Gasteiger partial charge < -0.3 is 9.30 Å². The first-order chi connectivity index (χ1) is 14.9. The van der Waals surface area contributed by atoms with Crippen molar-refractivity contribution < 1.29 is 14.3 Å². The van der Waals surface area contributed by atoms with Gasteiger partial charge in [0.1, 0.15) is 0 Å². The zero-order chi connectivity index (χ0) is 22.4. The number of nitrogens with one attached hydrogen (secondary N) is 1. The molecule has 3 aromatic rings. The maximum Gasteiger partial charge on any atom is 0.338 e. The van der Waals surface area contributed by atoms with Gasteiger partial charge in [0.2, 0.25) is 5.91 Å². The number of carbonyl (C=O) groups excluding carboxylic acids is 2. The van der Waals surface area contributed by atoms with E-state index in [9.17, 15) is 9.59 Å². The van der Waals surface area contributed by atoms with Gasteiger partial charge in [-0.15, -0.1) is 0 Å². The smallest absolute Gasteiger partial charge is 0.338 e. The first-order valence-corrected chi connectivity index (χ1v) is 10.3. The number of carbonyl (C=O) groups is 2. The van der Waals surface area contributed by atoms with Crippen LogP contribution in [0.5, 0.6) is 0 Å². The van der Waals surface area contributed by atoms with Crippen LogP contribution in [0.25, 0.3) is 5.69 Å². The Morgan fingerprint density at radius 2 is 1.77 bits per heavy atom. The van der Waals surface area contributed by atoms with E-state index in [-0.39, 0.29) is 18.3 Å². The van der Waals surface area contributed by atoms with Crippen molar-refractivity contribution in [1.82, 2.24) is 9.99 Å². The van der Waals surface area contributed by atoms with Gasteiger partial charge in [0, 0.05) is 27.7 Å². The molecule has 0 aliphatic rings. The number of nitrogens with zero attached hydrogens (tertiary/aromatic N) is 2. The molecule has 1 amide bonds. The van der Waals surface area contributed by atoms with Crippen molar-refractivity contribution in [3.05, 3.63) is 87.7 Å². The van der Waals surface area contributed by atoms with Crippen LogP contribution in [0.15, 0.2) is 59.7 Å². The molecule has 1 N–H and O–H groups in total. The Hall–Kier alpha value is -3.38. The summed E-state index contributed by atoms with van der Waals surface area (Å²) in [5, 5.41) is 4.73. The molecule has 0 unspecified atom stereocenters. The Bertz CT molecular complexity index is 1100. The molecule has 0 spiro atoms. The van der Waals surface area contributed by atoms with Crippen LogP contribution in [0, 0.1) is 13.8 Å². The number of aromatic nitrogens is 1.